The van der Waals surface area contributed by atoms with E-state index >= 15 is 0 Å². The first-order valence-corrected chi connectivity index (χ1v) is 10.6. The van der Waals surface area contributed by atoms with Crippen LogP contribution in [-0.4, -0.2) is 51.8 Å². The van der Waals surface area contributed by atoms with Crippen LogP contribution < -0.4 is 15.4 Å². The van der Waals surface area contributed by atoms with Crippen LogP contribution in [0.15, 0.2) is 29.3 Å². The number of alkyl halides is 3. The smallest absolute Gasteiger partial charge is 0.422 e. The summed E-state index contributed by atoms with van der Waals surface area (Å²) < 4.78 is 63.9. The van der Waals surface area contributed by atoms with Gasteiger partial charge < -0.3 is 15.4 Å². The third-order valence-electron chi connectivity index (χ3n) is 3.37. The molecule has 0 aliphatic heterocycles. The van der Waals surface area contributed by atoms with Crippen LogP contribution in [0.5, 0.6) is 5.75 Å². The molecule has 1 rings (SSSR count). The van der Waals surface area contributed by atoms with Crippen molar-refractivity contribution >= 4 is 15.8 Å². The normalized spacial score (nSPS) is 13.9. The number of benzene rings is 1. The molecule has 0 saturated heterocycles. The van der Waals surface area contributed by atoms with Gasteiger partial charge in [-0.05, 0) is 38.0 Å². The Morgan fingerprint density at radius 2 is 2.04 bits per heavy atom. The molecule has 0 saturated carbocycles. The van der Waals surface area contributed by atoms with Gasteiger partial charge in [-0.3, -0.25) is 0 Å². The number of hydrogen-bond donors (Lipinski definition) is 2. The number of rotatable bonds is 9. The Bertz CT molecular complexity index is 722. The number of hydrogen-bond acceptors (Lipinski definition) is 4. The molecule has 2 N–H and O–H groups in total. The highest BCUT2D eigenvalue weighted by atomic mass is 32.2. The first-order valence-electron chi connectivity index (χ1n) is 8.49. The summed E-state index contributed by atoms with van der Waals surface area (Å²) >= 11 is 0. The van der Waals surface area contributed by atoms with Crippen LogP contribution in [0.1, 0.15) is 25.8 Å². The molecule has 10 heteroatoms. The van der Waals surface area contributed by atoms with Crippen LogP contribution >= 0.6 is 0 Å². The van der Waals surface area contributed by atoms with Crippen LogP contribution in [0.3, 0.4) is 0 Å². The Morgan fingerprint density at radius 3 is 2.63 bits per heavy atom. The van der Waals surface area contributed by atoms with E-state index in [1.54, 1.807) is 12.1 Å². The zero-order valence-electron chi connectivity index (χ0n) is 15.6. The third-order valence-corrected chi connectivity index (χ3v) is 4.35. The maximum atomic E-state index is 12.2. The van der Waals surface area contributed by atoms with E-state index in [-0.39, 0.29) is 24.1 Å². The monoisotopic (exact) mass is 409 g/mol. The molecule has 0 aromatic heterocycles. The van der Waals surface area contributed by atoms with Gasteiger partial charge in [0.1, 0.15) is 15.6 Å². The number of ether oxygens (including phenoxy) is 1. The molecule has 0 spiro atoms. The zero-order valence-corrected chi connectivity index (χ0v) is 16.5. The molecule has 27 heavy (non-hydrogen) atoms. The van der Waals surface area contributed by atoms with E-state index < -0.39 is 22.6 Å². The van der Waals surface area contributed by atoms with Gasteiger partial charge in [0.05, 0.1) is 12.3 Å². The van der Waals surface area contributed by atoms with Crippen LogP contribution in [0.4, 0.5) is 13.2 Å². The topological polar surface area (TPSA) is 79.8 Å². The second-order valence-electron chi connectivity index (χ2n) is 6.21. The number of nitrogens with zero attached hydrogens (tertiary/aromatic N) is 1. The fourth-order valence-electron chi connectivity index (χ4n) is 2.09. The summed E-state index contributed by atoms with van der Waals surface area (Å²) in [5, 5.41) is 6.16. The Labute approximate surface area is 158 Å². The summed E-state index contributed by atoms with van der Waals surface area (Å²) in [6.07, 6.45) is -2.77. The highest BCUT2D eigenvalue weighted by molar-refractivity contribution is 7.90. The zero-order chi connectivity index (χ0) is 20.5. The molecule has 0 bridgehead atoms. The molecule has 1 unspecified atom stereocenters. The second-order valence-corrected chi connectivity index (χ2v) is 8.47. The first-order chi connectivity index (χ1) is 12.5. The molecule has 1 aromatic carbocycles. The van der Waals surface area contributed by atoms with E-state index in [0.29, 0.717) is 24.5 Å². The van der Waals surface area contributed by atoms with E-state index in [2.05, 4.69) is 15.6 Å². The number of sulfone groups is 1. The third kappa shape index (κ3) is 11.4. The van der Waals surface area contributed by atoms with Crippen LogP contribution in [0.2, 0.25) is 0 Å². The van der Waals surface area contributed by atoms with Gasteiger partial charge in [-0.1, -0.05) is 12.1 Å². The predicted octanol–water partition coefficient (Wildman–Crippen LogP) is 2.51. The van der Waals surface area contributed by atoms with Crippen molar-refractivity contribution in [3.8, 4) is 5.75 Å². The van der Waals surface area contributed by atoms with Crippen molar-refractivity contribution in [1.82, 2.24) is 10.6 Å². The number of aliphatic imine (C=N–C) groups is 1. The Morgan fingerprint density at radius 1 is 1.33 bits per heavy atom. The Hall–Kier alpha value is -1.97. The highest BCUT2D eigenvalue weighted by Crippen LogP contribution is 2.19. The molecule has 1 atom stereocenters. The summed E-state index contributed by atoms with van der Waals surface area (Å²) in [6.45, 7) is 3.24. The molecule has 0 fully saturated rings. The SMILES string of the molecule is CCNC(=NCc1cccc(OCC(F)(F)F)c1)NC(C)CCS(C)(=O)=O. The fraction of sp³-hybridized carbons (Fsp3) is 0.588. The van der Waals surface area contributed by atoms with E-state index in [4.69, 9.17) is 4.74 Å². The minimum atomic E-state index is -4.39. The molecular weight excluding hydrogens is 383 g/mol. The van der Waals surface area contributed by atoms with Gasteiger partial charge >= 0.3 is 6.18 Å². The van der Waals surface area contributed by atoms with Crippen molar-refractivity contribution in [3.05, 3.63) is 29.8 Å². The van der Waals surface area contributed by atoms with E-state index in [0.717, 1.165) is 0 Å². The quantitative estimate of drug-likeness (QED) is 0.484. The molecule has 0 amide bonds. The van der Waals surface area contributed by atoms with Gasteiger partial charge in [0, 0.05) is 18.8 Å². The largest absolute Gasteiger partial charge is 0.484 e. The summed E-state index contributed by atoms with van der Waals surface area (Å²) in [6, 6.07) is 6.19. The Kier molecular flexibility index (Phi) is 8.87. The average Bonchev–Trinajstić information content (AvgIpc) is 2.55. The van der Waals surface area contributed by atoms with Gasteiger partial charge in [0.25, 0.3) is 0 Å². The van der Waals surface area contributed by atoms with Gasteiger partial charge in [-0.2, -0.15) is 13.2 Å². The van der Waals surface area contributed by atoms with E-state index in [9.17, 15) is 21.6 Å². The van der Waals surface area contributed by atoms with Crippen molar-refractivity contribution in [2.45, 2.75) is 39.0 Å². The lowest BCUT2D eigenvalue weighted by molar-refractivity contribution is -0.153. The minimum Gasteiger partial charge on any atom is -0.484 e. The molecular formula is C17H26F3N3O3S. The van der Waals surface area contributed by atoms with Gasteiger partial charge in [-0.25, -0.2) is 13.4 Å². The average molecular weight is 409 g/mol. The predicted molar refractivity (Wildman–Crippen MR) is 99.7 cm³/mol. The maximum Gasteiger partial charge on any atom is 0.422 e. The number of nitrogens with one attached hydrogen (secondary N) is 2. The van der Waals surface area contributed by atoms with Crippen molar-refractivity contribution < 1.29 is 26.3 Å². The Balaban J connectivity index is 2.69. The summed E-state index contributed by atoms with van der Waals surface area (Å²) in [5.74, 6) is 0.693. The van der Waals surface area contributed by atoms with Gasteiger partial charge in [0.2, 0.25) is 0 Å². The van der Waals surface area contributed by atoms with E-state index in [1.807, 2.05) is 13.8 Å². The molecule has 0 aliphatic rings. The van der Waals surface area contributed by atoms with E-state index in [1.165, 1.54) is 18.4 Å². The highest BCUT2D eigenvalue weighted by Gasteiger charge is 2.28. The van der Waals surface area contributed by atoms with Crippen molar-refractivity contribution in [2.75, 3.05) is 25.2 Å². The van der Waals surface area contributed by atoms with Crippen molar-refractivity contribution in [2.24, 2.45) is 4.99 Å². The number of guanidine groups is 1. The molecule has 0 aliphatic carbocycles. The van der Waals surface area contributed by atoms with Crippen molar-refractivity contribution in [1.29, 1.82) is 0 Å². The fourth-order valence-corrected chi connectivity index (χ4v) is 2.87. The van der Waals surface area contributed by atoms with Gasteiger partial charge in [0.15, 0.2) is 12.6 Å². The minimum absolute atomic E-state index is 0.0686. The van der Waals surface area contributed by atoms with Crippen LogP contribution in [-0.2, 0) is 16.4 Å². The molecule has 0 radical (unpaired) electrons. The molecule has 154 valence electrons. The molecule has 0 heterocycles. The first kappa shape index (κ1) is 23.1. The lowest BCUT2D eigenvalue weighted by atomic mass is 10.2. The van der Waals surface area contributed by atoms with Crippen LogP contribution in [0, 0.1) is 0 Å². The van der Waals surface area contributed by atoms with Gasteiger partial charge in [-0.15, -0.1) is 0 Å². The second kappa shape index (κ2) is 10.4. The summed E-state index contributed by atoms with van der Waals surface area (Å²) in [5.41, 5.74) is 0.690. The summed E-state index contributed by atoms with van der Waals surface area (Å²) in [4.78, 5) is 4.39. The lowest BCUT2D eigenvalue weighted by Gasteiger charge is -2.17. The van der Waals surface area contributed by atoms with Crippen molar-refractivity contribution in [3.63, 3.8) is 0 Å². The number of halogens is 3. The maximum absolute atomic E-state index is 12.2. The molecule has 1 aromatic rings. The van der Waals surface area contributed by atoms with Crippen LogP contribution in [0.25, 0.3) is 0 Å². The molecule has 6 nitrogen and oxygen atoms in total. The lowest BCUT2D eigenvalue weighted by Crippen LogP contribution is -2.42. The standard InChI is InChI=1S/C17H26F3N3O3S/c1-4-21-16(23-13(2)8-9-27(3,24)25)22-11-14-6-5-7-15(10-14)26-12-17(18,19)20/h5-7,10,13H,4,8-9,11-12H2,1-3H3,(H2,21,22,23). The summed E-state index contributed by atoms with van der Waals surface area (Å²) in [7, 11) is -3.04.